The molecule has 4 heteroatoms. The van der Waals surface area contributed by atoms with Crippen molar-refractivity contribution in [3.05, 3.63) is 12.7 Å². The van der Waals surface area contributed by atoms with Crippen LogP contribution in [0.5, 0.6) is 0 Å². The first kappa shape index (κ1) is 12.1. The summed E-state index contributed by atoms with van der Waals surface area (Å²) >= 11 is 0. The van der Waals surface area contributed by atoms with E-state index in [4.69, 9.17) is 0 Å². The SMILES string of the molecule is C=CCC(=O)N1C(C(=O)O)CC2CCCCC21. The molecule has 0 radical (unpaired) electrons. The first-order valence-corrected chi connectivity index (χ1v) is 6.30. The van der Waals surface area contributed by atoms with Crippen LogP contribution in [0.4, 0.5) is 0 Å². The molecule has 1 saturated heterocycles. The van der Waals surface area contributed by atoms with Gasteiger partial charge in [0.25, 0.3) is 0 Å². The number of carboxylic acid groups (broad SMARTS) is 1. The van der Waals surface area contributed by atoms with Crippen LogP contribution in [0.1, 0.15) is 38.5 Å². The molecule has 0 aromatic rings. The lowest BCUT2D eigenvalue weighted by Gasteiger charge is -2.32. The van der Waals surface area contributed by atoms with Crippen LogP contribution >= 0.6 is 0 Å². The molecule has 0 aromatic heterocycles. The Morgan fingerprint density at radius 2 is 2.06 bits per heavy atom. The number of hydrogen-bond donors (Lipinski definition) is 1. The molecule has 1 aliphatic heterocycles. The number of likely N-dealkylation sites (tertiary alicyclic amines) is 1. The fourth-order valence-electron chi connectivity index (χ4n) is 3.27. The van der Waals surface area contributed by atoms with E-state index in [-0.39, 0.29) is 18.4 Å². The number of carboxylic acids is 1. The van der Waals surface area contributed by atoms with Gasteiger partial charge < -0.3 is 10.0 Å². The van der Waals surface area contributed by atoms with Crippen molar-refractivity contribution >= 4 is 11.9 Å². The molecule has 2 aliphatic rings. The average Bonchev–Trinajstić information content (AvgIpc) is 2.68. The normalized spacial score (nSPS) is 32.0. The van der Waals surface area contributed by atoms with E-state index in [9.17, 15) is 14.7 Å². The lowest BCUT2D eigenvalue weighted by atomic mass is 9.84. The van der Waals surface area contributed by atoms with Crippen LogP contribution in [-0.2, 0) is 9.59 Å². The molecule has 1 aliphatic carbocycles. The number of fused-ring (bicyclic) bond motifs is 1. The van der Waals surface area contributed by atoms with Crippen LogP contribution in [0.3, 0.4) is 0 Å². The highest BCUT2D eigenvalue weighted by molar-refractivity contribution is 5.85. The van der Waals surface area contributed by atoms with Gasteiger partial charge in [-0.05, 0) is 25.2 Å². The fraction of sp³-hybridized carbons (Fsp3) is 0.692. The third kappa shape index (κ3) is 2.21. The molecule has 2 rings (SSSR count). The molecule has 3 atom stereocenters. The maximum Gasteiger partial charge on any atom is 0.326 e. The van der Waals surface area contributed by atoms with Gasteiger partial charge in [-0.3, -0.25) is 4.79 Å². The Morgan fingerprint density at radius 1 is 1.35 bits per heavy atom. The summed E-state index contributed by atoms with van der Waals surface area (Å²) in [5, 5.41) is 9.23. The Balaban J connectivity index is 2.19. The van der Waals surface area contributed by atoms with Crippen molar-refractivity contribution in [3.63, 3.8) is 0 Å². The first-order chi connectivity index (χ1) is 8.15. The highest BCUT2D eigenvalue weighted by Crippen LogP contribution is 2.40. The Morgan fingerprint density at radius 3 is 2.71 bits per heavy atom. The summed E-state index contributed by atoms with van der Waals surface area (Å²) < 4.78 is 0. The summed E-state index contributed by atoms with van der Waals surface area (Å²) in [5.74, 6) is -0.558. The van der Waals surface area contributed by atoms with Crippen LogP contribution in [0.25, 0.3) is 0 Å². The number of carbonyl (C=O) groups is 2. The van der Waals surface area contributed by atoms with E-state index in [1.165, 1.54) is 0 Å². The second kappa shape index (κ2) is 4.90. The van der Waals surface area contributed by atoms with Gasteiger partial charge in [-0.25, -0.2) is 4.79 Å². The third-order valence-corrected chi connectivity index (χ3v) is 3.98. The van der Waals surface area contributed by atoms with Crippen molar-refractivity contribution in [1.82, 2.24) is 4.90 Å². The summed E-state index contributed by atoms with van der Waals surface area (Å²) in [6, 6.07) is -0.465. The molecule has 1 saturated carbocycles. The zero-order valence-corrected chi connectivity index (χ0v) is 9.97. The van der Waals surface area contributed by atoms with E-state index in [2.05, 4.69) is 6.58 Å². The second-order valence-corrected chi connectivity index (χ2v) is 5.00. The highest BCUT2D eigenvalue weighted by atomic mass is 16.4. The molecule has 2 fully saturated rings. The maximum absolute atomic E-state index is 12.0. The van der Waals surface area contributed by atoms with Gasteiger partial charge in [-0.15, -0.1) is 6.58 Å². The molecule has 1 heterocycles. The van der Waals surface area contributed by atoms with Gasteiger partial charge in [0.15, 0.2) is 0 Å². The van der Waals surface area contributed by atoms with Crippen LogP contribution in [-0.4, -0.2) is 34.0 Å². The molecule has 3 unspecified atom stereocenters. The van der Waals surface area contributed by atoms with E-state index in [0.29, 0.717) is 12.3 Å². The Labute approximate surface area is 101 Å². The summed E-state index contributed by atoms with van der Waals surface area (Å²) in [5.41, 5.74) is 0. The van der Waals surface area contributed by atoms with Gasteiger partial charge in [-0.2, -0.15) is 0 Å². The quantitative estimate of drug-likeness (QED) is 0.761. The van der Waals surface area contributed by atoms with Crippen molar-refractivity contribution in [2.45, 2.75) is 50.6 Å². The first-order valence-electron chi connectivity index (χ1n) is 6.30. The number of amides is 1. The van der Waals surface area contributed by atoms with Crippen LogP contribution in [0.15, 0.2) is 12.7 Å². The highest BCUT2D eigenvalue weighted by Gasteiger charge is 2.46. The Bertz CT molecular complexity index is 340. The van der Waals surface area contributed by atoms with Crippen molar-refractivity contribution in [2.75, 3.05) is 0 Å². The van der Waals surface area contributed by atoms with Crippen molar-refractivity contribution in [2.24, 2.45) is 5.92 Å². The number of rotatable bonds is 3. The lowest BCUT2D eigenvalue weighted by molar-refractivity contribution is -0.149. The van der Waals surface area contributed by atoms with Gasteiger partial charge in [-0.1, -0.05) is 18.9 Å². The van der Waals surface area contributed by atoms with Crippen molar-refractivity contribution < 1.29 is 14.7 Å². The van der Waals surface area contributed by atoms with Crippen LogP contribution in [0, 0.1) is 5.92 Å². The lowest BCUT2D eigenvalue weighted by Crippen LogP contribution is -2.45. The molecule has 0 aromatic carbocycles. The minimum Gasteiger partial charge on any atom is -0.480 e. The minimum absolute atomic E-state index is 0.0817. The Hall–Kier alpha value is -1.32. The van der Waals surface area contributed by atoms with Gasteiger partial charge in [0, 0.05) is 12.5 Å². The van der Waals surface area contributed by atoms with Gasteiger partial charge >= 0.3 is 5.97 Å². The molecular formula is C13H19NO3. The van der Waals surface area contributed by atoms with Gasteiger partial charge in [0.05, 0.1) is 0 Å². The van der Waals surface area contributed by atoms with E-state index >= 15 is 0 Å². The minimum atomic E-state index is -0.864. The van der Waals surface area contributed by atoms with E-state index in [1.54, 1.807) is 11.0 Å². The van der Waals surface area contributed by atoms with Crippen LogP contribution in [0.2, 0.25) is 0 Å². The molecule has 1 N–H and O–H groups in total. The molecule has 4 nitrogen and oxygen atoms in total. The topological polar surface area (TPSA) is 57.6 Å². The molecule has 94 valence electrons. The molecule has 17 heavy (non-hydrogen) atoms. The summed E-state index contributed by atoms with van der Waals surface area (Å²) in [7, 11) is 0. The number of nitrogens with zero attached hydrogens (tertiary/aromatic N) is 1. The summed E-state index contributed by atoms with van der Waals surface area (Å²) in [6.45, 7) is 3.55. The zero-order chi connectivity index (χ0) is 12.4. The fourth-order valence-corrected chi connectivity index (χ4v) is 3.27. The summed E-state index contributed by atoms with van der Waals surface area (Å²) in [4.78, 5) is 24.9. The van der Waals surface area contributed by atoms with E-state index in [0.717, 1.165) is 25.7 Å². The van der Waals surface area contributed by atoms with Crippen LogP contribution < -0.4 is 0 Å². The summed E-state index contributed by atoms with van der Waals surface area (Å²) in [6.07, 6.45) is 6.71. The zero-order valence-electron chi connectivity index (χ0n) is 9.97. The van der Waals surface area contributed by atoms with Gasteiger partial charge in [0.1, 0.15) is 6.04 Å². The van der Waals surface area contributed by atoms with E-state index < -0.39 is 12.0 Å². The predicted octanol–water partition coefficient (Wildman–Crippen LogP) is 1.81. The smallest absolute Gasteiger partial charge is 0.326 e. The third-order valence-electron chi connectivity index (χ3n) is 3.98. The Kier molecular flexibility index (Phi) is 3.50. The maximum atomic E-state index is 12.0. The average molecular weight is 237 g/mol. The number of carbonyl (C=O) groups excluding carboxylic acids is 1. The van der Waals surface area contributed by atoms with Crippen molar-refractivity contribution in [3.8, 4) is 0 Å². The monoisotopic (exact) mass is 237 g/mol. The molecule has 1 amide bonds. The largest absolute Gasteiger partial charge is 0.480 e. The second-order valence-electron chi connectivity index (χ2n) is 5.00. The standard InChI is InChI=1S/C13H19NO3/c1-2-5-12(15)14-10-7-4-3-6-9(10)8-11(14)13(16)17/h2,9-11H,1,3-8H2,(H,16,17). The van der Waals surface area contributed by atoms with Gasteiger partial charge in [0.2, 0.25) is 5.91 Å². The van der Waals surface area contributed by atoms with E-state index in [1.807, 2.05) is 0 Å². The number of hydrogen-bond acceptors (Lipinski definition) is 2. The molecule has 0 spiro atoms. The number of aliphatic carboxylic acids is 1. The predicted molar refractivity (Wildman–Crippen MR) is 63.4 cm³/mol. The molecule has 0 bridgehead atoms. The molecular weight excluding hydrogens is 218 g/mol. The van der Waals surface area contributed by atoms with Crippen molar-refractivity contribution in [1.29, 1.82) is 0 Å².